The molecule has 1 atom stereocenters. The summed E-state index contributed by atoms with van der Waals surface area (Å²) in [5.74, 6) is -0.626. The second-order valence-electron chi connectivity index (χ2n) is 8.58. The molecule has 154 valence electrons. The molecule has 3 aliphatic heterocycles. The number of hydrogen-bond donors (Lipinski definition) is 0. The van der Waals surface area contributed by atoms with Crippen LogP contribution in [0, 0.1) is 5.82 Å². The van der Waals surface area contributed by atoms with E-state index in [1.54, 1.807) is 18.2 Å². The Kier molecular flexibility index (Phi) is 5.99. The number of nitrogens with zero attached hydrogens (tertiary/aromatic N) is 3. The second-order valence-corrected chi connectivity index (χ2v) is 8.58. The first-order valence-electron chi connectivity index (χ1n) is 10.7. The van der Waals surface area contributed by atoms with Gasteiger partial charge in [-0.1, -0.05) is 38.3 Å². The summed E-state index contributed by atoms with van der Waals surface area (Å²) in [6, 6.07) is 6.52. The third kappa shape index (κ3) is 3.82. The number of hydrogen-bond acceptors (Lipinski definition) is 4. The summed E-state index contributed by atoms with van der Waals surface area (Å²) >= 11 is 0. The smallest absolute Gasteiger partial charge is 0.256 e. The van der Waals surface area contributed by atoms with Crippen LogP contribution in [0.3, 0.4) is 0 Å². The molecule has 1 amide bonds. The molecule has 0 bridgehead atoms. The van der Waals surface area contributed by atoms with Gasteiger partial charge < -0.3 is 9.64 Å². The summed E-state index contributed by atoms with van der Waals surface area (Å²) in [4.78, 5) is 20.0. The van der Waals surface area contributed by atoms with Crippen LogP contribution in [0.4, 0.5) is 4.39 Å². The maximum Gasteiger partial charge on any atom is 0.256 e. The molecule has 1 spiro atoms. The van der Waals surface area contributed by atoms with E-state index in [-0.39, 0.29) is 23.1 Å². The van der Waals surface area contributed by atoms with Crippen LogP contribution in [0.1, 0.15) is 43.0 Å². The van der Waals surface area contributed by atoms with Crippen molar-refractivity contribution in [2.24, 2.45) is 0 Å². The predicted octanol–water partition coefficient (Wildman–Crippen LogP) is 2.62. The Bertz CT molecular complexity index is 692. The molecule has 3 heterocycles. The first-order chi connectivity index (χ1) is 13.6. The lowest BCUT2D eigenvalue weighted by atomic mass is 9.82. The monoisotopic (exact) mass is 389 g/mol. The van der Waals surface area contributed by atoms with Gasteiger partial charge in [0.2, 0.25) is 0 Å². The van der Waals surface area contributed by atoms with Crippen LogP contribution in [-0.4, -0.2) is 84.7 Å². The van der Waals surface area contributed by atoms with Crippen molar-refractivity contribution in [3.8, 4) is 0 Å². The van der Waals surface area contributed by atoms with Crippen LogP contribution in [0.15, 0.2) is 24.3 Å². The molecule has 0 aromatic heterocycles. The standard InChI is InChI=1S/C22H32FN3O2/c1-2-3-4-7-10-24-15-22(16-24)17-25(13-18-14-28-12-11-26(18)22)21(27)19-8-5-6-9-20(19)23/h5-6,8-9,18H,2-4,7,10-17H2,1H3. The number of morpholine rings is 1. The average Bonchev–Trinajstić information content (AvgIpc) is 2.69. The molecule has 1 aromatic rings. The predicted molar refractivity (Wildman–Crippen MR) is 107 cm³/mol. The van der Waals surface area contributed by atoms with Crippen LogP contribution in [-0.2, 0) is 4.74 Å². The van der Waals surface area contributed by atoms with E-state index in [0.717, 1.165) is 32.8 Å². The summed E-state index contributed by atoms with van der Waals surface area (Å²) in [6.45, 7) is 9.00. The van der Waals surface area contributed by atoms with Gasteiger partial charge in [0.1, 0.15) is 5.82 Å². The third-order valence-corrected chi connectivity index (χ3v) is 6.51. The largest absolute Gasteiger partial charge is 0.378 e. The van der Waals surface area contributed by atoms with E-state index in [1.807, 2.05) is 4.90 Å². The number of carbonyl (C=O) groups is 1. The van der Waals surface area contributed by atoms with E-state index in [2.05, 4.69) is 16.7 Å². The van der Waals surface area contributed by atoms with Gasteiger partial charge in [0.25, 0.3) is 5.91 Å². The highest BCUT2D eigenvalue weighted by Crippen LogP contribution is 2.36. The van der Waals surface area contributed by atoms with Gasteiger partial charge in [-0.15, -0.1) is 0 Å². The lowest BCUT2D eigenvalue weighted by Crippen LogP contribution is -2.80. The number of fused-ring (bicyclic) bond motifs is 2. The minimum Gasteiger partial charge on any atom is -0.378 e. The zero-order valence-electron chi connectivity index (χ0n) is 16.9. The molecular formula is C22H32FN3O2. The molecule has 0 radical (unpaired) electrons. The molecule has 4 rings (SSSR count). The van der Waals surface area contributed by atoms with Gasteiger partial charge in [0.05, 0.1) is 30.4 Å². The van der Waals surface area contributed by atoms with Crippen LogP contribution < -0.4 is 0 Å². The van der Waals surface area contributed by atoms with Crippen molar-refractivity contribution >= 4 is 5.91 Å². The first kappa shape index (κ1) is 19.8. The molecule has 3 saturated heterocycles. The normalized spacial score (nSPS) is 24.8. The molecule has 5 nitrogen and oxygen atoms in total. The number of rotatable bonds is 6. The number of carbonyl (C=O) groups excluding carboxylic acids is 1. The summed E-state index contributed by atoms with van der Waals surface area (Å²) < 4.78 is 19.9. The van der Waals surface area contributed by atoms with Crippen LogP contribution >= 0.6 is 0 Å². The molecular weight excluding hydrogens is 357 g/mol. The van der Waals surface area contributed by atoms with Crippen molar-refractivity contribution in [3.05, 3.63) is 35.6 Å². The van der Waals surface area contributed by atoms with Crippen molar-refractivity contribution in [3.63, 3.8) is 0 Å². The summed E-state index contributed by atoms with van der Waals surface area (Å²) in [6.07, 6.45) is 5.09. The minimum absolute atomic E-state index is 0.00162. The van der Waals surface area contributed by atoms with Gasteiger partial charge >= 0.3 is 0 Å². The molecule has 28 heavy (non-hydrogen) atoms. The van der Waals surface area contributed by atoms with E-state index < -0.39 is 5.82 Å². The van der Waals surface area contributed by atoms with Gasteiger partial charge in [0.15, 0.2) is 0 Å². The Morgan fingerprint density at radius 3 is 2.82 bits per heavy atom. The molecule has 1 unspecified atom stereocenters. The quantitative estimate of drug-likeness (QED) is 0.701. The number of amides is 1. The third-order valence-electron chi connectivity index (χ3n) is 6.51. The van der Waals surface area contributed by atoms with Crippen LogP contribution in [0.25, 0.3) is 0 Å². The van der Waals surface area contributed by atoms with Gasteiger partial charge in [-0.3, -0.25) is 14.6 Å². The molecule has 0 N–H and O–H groups in total. The number of benzene rings is 1. The van der Waals surface area contributed by atoms with Crippen LogP contribution in [0.5, 0.6) is 0 Å². The number of likely N-dealkylation sites (tertiary alicyclic amines) is 1. The Balaban J connectivity index is 1.45. The zero-order valence-corrected chi connectivity index (χ0v) is 16.9. The minimum atomic E-state index is -0.435. The molecule has 1 aromatic carbocycles. The summed E-state index contributed by atoms with van der Waals surface area (Å²) in [7, 11) is 0. The molecule has 0 saturated carbocycles. The topological polar surface area (TPSA) is 36.0 Å². The Hall–Kier alpha value is -1.50. The maximum atomic E-state index is 14.2. The molecule has 6 heteroatoms. The van der Waals surface area contributed by atoms with Gasteiger partial charge in [-0.2, -0.15) is 0 Å². The number of unbranched alkanes of at least 4 members (excludes halogenated alkanes) is 3. The maximum absolute atomic E-state index is 14.2. The SMILES string of the molecule is CCCCCCN1CC2(C1)CN(C(=O)c1ccccc1F)CC1COCCN12. The first-order valence-corrected chi connectivity index (χ1v) is 10.7. The average molecular weight is 390 g/mol. The number of halogens is 1. The molecule has 3 fully saturated rings. The van der Waals surface area contributed by atoms with Crippen molar-refractivity contribution < 1.29 is 13.9 Å². The van der Waals surface area contributed by atoms with Crippen molar-refractivity contribution in [2.75, 3.05) is 52.5 Å². The van der Waals surface area contributed by atoms with Gasteiger partial charge in [0, 0.05) is 32.7 Å². The second kappa shape index (κ2) is 8.47. The molecule has 3 aliphatic rings. The fourth-order valence-electron chi connectivity index (χ4n) is 5.14. The fraction of sp³-hybridized carbons (Fsp3) is 0.682. The van der Waals surface area contributed by atoms with Crippen molar-refractivity contribution in [1.82, 2.24) is 14.7 Å². The summed E-state index contributed by atoms with van der Waals surface area (Å²) in [5.41, 5.74) is 0.178. The van der Waals surface area contributed by atoms with E-state index in [1.165, 1.54) is 31.7 Å². The van der Waals surface area contributed by atoms with E-state index in [9.17, 15) is 9.18 Å². The Labute approximate surface area is 167 Å². The lowest BCUT2D eigenvalue weighted by molar-refractivity contribution is -0.158. The highest BCUT2D eigenvalue weighted by atomic mass is 19.1. The number of ether oxygens (including phenoxy) is 1. The zero-order chi connectivity index (χ0) is 19.6. The van der Waals surface area contributed by atoms with E-state index >= 15 is 0 Å². The van der Waals surface area contributed by atoms with Gasteiger partial charge in [-0.05, 0) is 25.1 Å². The van der Waals surface area contributed by atoms with Gasteiger partial charge in [-0.25, -0.2) is 4.39 Å². The van der Waals surface area contributed by atoms with Crippen LogP contribution in [0.2, 0.25) is 0 Å². The van der Waals surface area contributed by atoms with Crippen molar-refractivity contribution in [2.45, 2.75) is 44.2 Å². The summed E-state index contributed by atoms with van der Waals surface area (Å²) in [5, 5.41) is 0. The molecule has 0 aliphatic carbocycles. The Morgan fingerprint density at radius 2 is 2.04 bits per heavy atom. The van der Waals surface area contributed by atoms with E-state index in [0.29, 0.717) is 19.7 Å². The lowest BCUT2D eigenvalue weighted by Gasteiger charge is -2.63. The fourth-order valence-corrected chi connectivity index (χ4v) is 5.14. The Morgan fingerprint density at radius 1 is 1.21 bits per heavy atom. The highest BCUT2D eigenvalue weighted by molar-refractivity contribution is 5.94. The number of piperazine rings is 1. The van der Waals surface area contributed by atoms with Crippen molar-refractivity contribution in [1.29, 1.82) is 0 Å². The highest BCUT2D eigenvalue weighted by Gasteiger charge is 2.54. The van der Waals surface area contributed by atoms with E-state index in [4.69, 9.17) is 4.74 Å².